The van der Waals surface area contributed by atoms with Gasteiger partial charge in [0.15, 0.2) is 0 Å². The summed E-state index contributed by atoms with van der Waals surface area (Å²) in [6.07, 6.45) is 4.45. The highest BCUT2D eigenvalue weighted by Gasteiger charge is 2.10. The number of hydrogen-bond acceptors (Lipinski definition) is 3. The number of benzene rings is 1. The van der Waals surface area contributed by atoms with Gasteiger partial charge in [0.25, 0.3) is 5.91 Å². The largest absolute Gasteiger partial charge is 0.346 e. The fourth-order valence-corrected chi connectivity index (χ4v) is 2.96. The number of aromatic nitrogens is 3. The molecule has 3 rings (SSSR count). The van der Waals surface area contributed by atoms with Crippen LogP contribution in [0.4, 0.5) is 0 Å². The minimum atomic E-state index is -0.0986. The van der Waals surface area contributed by atoms with Crippen LogP contribution in [0, 0.1) is 6.92 Å². The molecular formula is C21H24N4O. The zero-order chi connectivity index (χ0) is 18.5. The minimum Gasteiger partial charge on any atom is -0.346 e. The van der Waals surface area contributed by atoms with Crippen molar-refractivity contribution in [2.75, 3.05) is 0 Å². The lowest BCUT2D eigenvalue weighted by molar-refractivity contribution is 0.0950. The molecule has 5 nitrogen and oxygen atoms in total. The van der Waals surface area contributed by atoms with Gasteiger partial charge in [-0.05, 0) is 44.0 Å². The summed E-state index contributed by atoms with van der Waals surface area (Å²) in [5.74, 6) is -0.0986. The van der Waals surface area contributed by atoms with Gasteiger partial charge in [0.1, 0.15) is 0 Å². The maximum absolute atomic E-state index is 12.5. The molecule has 26 heavy (non-hydrogen) atoms. The van der Waals surface area contributed by atoms with Gasteiger partial charge in [-0.15, -0.1) is 0 Å². The van der Waals surface area contributed by atoms with Crippen molar-refractivity contribution < 1.29 is 4.79 Å². The van der Waals surface area contributed by atoms with Crippen molar-refractivity contribution in [2.24, 2.45) is 0 Å². The quantitative estimate of drug-likeness (QED) is 0.738. The molecule has 2 aromatic heterocycles. The Labute approximate surface area is 154 Å². The lowest BCUT2D eigenvalue weighted by Crippen LogP contribution is -2.24. The van der Waals surface area contributed by atoms with E-state index in [9.17, 15) is 4.79 Å². The average Bonchev–Trinajstić information content (AvgIpc) is 3.14. The molecule has 2 heterocycles. The average molecular weight is 348 g/mol. The Morgan fingerprint density at radius 2 is 2.04 bits per heavy atom. The third-order valence-electron chi connectivity index (χ3n) is 4.53. The standard InChI is InChI=1S/C21H24N4O/c1-4-19-15(3)9-10-20(24-19)16-7-6-8-17(11-16)21(26)23-13-18-12-22-14-25(18)5-2/h6-12,14H,4-5,13H2,1-3H3,(H,23,26). The van der Waals surface area contributed by atoms with Gasteiger partial charge >= 0.3 is 0 Å². The number of carbonyl (C=O) groups excluding carboxylic acids is 1. The van der Waals surface area contributed by atoms with Crippen LogP contribution in [0.3, 0.4) is 0 Å². The van der Waals surface area contributed by atoms with Crippen molar-refractivity contribution in [3.05, 3.63) is 71.4 Å². The van der Waals surface area contributed by atoms with Gasteiger partial charge in [0, 0.05) is 29.6 Å². The van der Waals surface area contributed by atoms with Gasteiger partial charge < -0.3 is 9.88 Å². The van der Waals surface area contributed by atoms with Crippen LogP contribution in [0.25, 0.3) is 11.3 Å². The zero-order valence-electron chi connectivity index (χ0n) is 15.5. The van der Waals surface area contributed by atoms with Crippen molar-refractivity contribution in [1.29, 1.82) is 0 Å². The van der Waals surface area contributed by atoms with E-state index < -0.39 is 0 Å². The first-order valence-electron chi connectivity index (χ1n) is 8.96. The van der Waals surface area contributed by atoms with Crippen LogP contribution in [0.1, 0.15) is 41.2 Å². The van der Waals surface area contributed by atoms with Gasteiger partial charge in [-0.3, -0.25) is 9.78 Å². The summed E-state index contributed by atoms with van der Waals surface area (Å²) in [6, 6.07) is 11.7. The third kappa shape index (κ3) is 3.82. The maximum atomic E-state index is 12.5. The number of amides is 1. The lowest BCUT2D eigenvalue weighted by Gasteiger charge is -2.10. The molecule has 0 saturated carbocycles. The van der Waals surface area contributed by atoms with E-state index in [1.807, 2.05) is 34.9 Å². The molecule has 1 amide bonds. The number of hydrogen-bond donors (Lipinski definition) is 1. The van der Waals surface area contributed by atoms with Crippen LogP contribution in [0.15, 0.2) is 48.9 Å². The second kappa shape index (κ2) is 7.95. The van der Waals surface area contributed by atoms with Crippen molar-refractivity contribution in [2.45, 2.75) is 40.3 Å². The number of pyridine rings is 1. The molecule has 5 heteroatoms. The summed E-state index contributed by atoms with van der Waals surface area (Å²) in [4.78, 5) is 21.4. The summed E-state index contributed by atoms with van der Waals surface area (Å²) < 4.78 is 2.01. The molecule has 0 fully saturated rings. The van der Waals surface area contributed by atoms with E-state index in [4.69, 9.17) is 4.98 Å². The van der Waals surface area contributed by atoms with Gasteiger partial charge in [-0.2, -0.15) is 0 Å². The molecule has 0 saturated heterocycles. The van der Waals surface area contributed by atoms with Crippen LogP contribution in [-0.4, -0.2) is 20.4 Å². The fraction of sp³-hybridized carbons (Fsp3) is 0.286. The van der Waals surface area contributed by atoms with Crippen molar-refractivity contribution in [3.63, 3.8) is 0 Å². The predicted molar refractivity (Wildman–Crippen MR) is 103 cm³/mol. The monoisotopic (exact) mass is 348 g/mol. The molecule has 1 aromatic carbocycles. The van der Waals surface area contributed by atoms with Gasteiger partial charge in [0.2, 0.25) is 0 Å². The summed E-state index contributed by atoms with van der Waals surface area (Å²) in [5.41, 5.74) is 5.75. The third-order valence-corrected chi connectivity index (χ3v) is 4.53. The second-order valence-corrected chi connectivity index (χ2v) is 6.25. The molecule has 0 aliphatic heterocycles. The molecule has 1 N–H and O–H groups in total. The van der Waals surface area contributed by atoms with E-state index in [2.05, 4.69) is 37.1 Å². The number of rotatable bonds is 6. The molecule has 134 valence electrons. The van der Waals surface area contributed by atoms with Gasteiger partial charge in [-0.1, -0.05) is 25.1 Å². The van der Waals surface area contributed by atoms with Crippen LogP contribution >= 0.6 is 0 Å². The molecule has 0 bridgehead atoms. The van der Waals surface area contributed by atoms with E-state index in [1.54, 1.807) is 12.5 Å². The zero-order valence-corrected chi connectivity index (χ0v) is 15.5. The minimum absolute atomic E-state index is 0.0986. The highest BCUT2D eigenvalue weighted by atomic mass is 16.1. The Morgan fingerprint density at radius 3 is 2.81 bits per heavy atom. The smallest absolute Gasteiger partial charge is 0.251 e. The number of imidazole rings is 1. The highest BCUT2D eigenvalue weighted by Crippen LogP contribution is 2.20. The van der Waals surface area contributed by atoms with Crippen LogP contribution in [0.5, 0.6) is 0 Å². The lowest BCUT2D eigenvalue weighted by atomic mass is 10.0. The summed E-state index contributed by atoms with van der Waals surface area (Å²) in [5, 5.41) is 2.97. The predicted octanol–water partition coefficient (Wildman–Crippen LogP) is 3.77. The second-order valence-electron chi connectivity index (χ2n) is 6.25. The van der Waals surface area contributed by atoms with E-state index >= 15 is 0 Å². The molecule has 0 aliphatic carbocycles. The van der Waals surface area contributed by atoms with Crippen molar-refractivity contribution in [1.82, 2.24) is 19.9 Å². The van der Waals surface area contributed by atoms with E-state index in [0.29, 0.717) is 12.1 Å². The molecule has 0 spiro atoms. The fourth-order valence-electron chi connectivity index (χ4n) is 2.96. The first kappa shape index (κ1) is 17.9. The molecule has 0 atom stereocenters. The normalized spacial score (nSPS) is 10.7. The number of nitrogens with one attached hydrogen (secondary N) is 1. The SMILES string of the molecule is CCc1nc(-c2cccc(C(=O)NCc3cncn3CC)c2)ccc1C. The number of nitrogens with zero attached hydrogens (tertiary/aromatic N) is 3. The van der Waals surface area contributed by atoms with E-state index in [-0.39, 0.29) is 5.91 Å². The maximum Gasteiger partial charge on any atom is 0.251 e. The van der Waals surface area contributed by atoms with Crippen LogP contribution in [0.2, 0.25) is 0 Å². The molecule has 3 aromatic rings. The Morgan fingerprint density at radius 1 is 1.19 bits per heavy atom. The topological polar surface area (TPSA) is 59.8 Å². The van der Waals surface area contributed by atoms with E-state index in [0.717, 1.165) is 35.6 Å². The Hall–Kier alpha value is -2.95. The molecule has 0 aliphatic rings. The van der Waals surface area contributed by atoms with Crippen molar-refractivity contribution in [3.8, 4) is 11.3 Å². The van der Waals surface area contributed by atoms with Gasteiger partial charge in [0.05, 0.1) is 24.3 Å². The van der Waals surface area contributed by atoms with Crippen LogP contribution < -0.4 is 5.32 Å². The van der Waals surface area contributed by atoms with E-state index in [1.165, 1.54) is 5.56 Å². The molecular weight excluding hydrogens is 324 g/mol. The number of carbonyl (C=O) groups is 1. The van der Waals surface area contributed by atoms with Crippen LogP contribution in [-0.2, 0) is 19.5 Å². The highest BCUT2D eigenvalue weighted by molar-refractivity contribution is 5.95. The Kier molecular flexibility index (Phi) is 5.46. The number of aryl methyl sites for hydroxylation is 3. The molecule has 0 radical (unpaired) electrons. The first-order valence-corrected chi connectivity index (χ1v) is 8.96. The Bertz CT molecular complexity index is 914. The first-order chi connectivity index (χ1) is 12.6. The van der Waals surface area contributed by atoms with Crippen molar-refractivity contribution >= 4 is 5.91 Å². The molecule has 0 unspecified atom stereocenters. The summed E-state index contributed by atoms with van der Waals surface area (Å²) in [7, 11) is 0. The summed E-state index contributed by atoms with van der Waals surface area (Å²) in [6.45, 7) is 7.51. The Balaban J connectivity index is 1.77. The summed E-state index contributed by atoms with van der Waals surface area (Å²) >= 11 is 0. The van der Waals surface area contributed by atoms with Gasteiger partial charge in [-0.25, -0.2) is 4.98 Å².